The molecule has 0 saturated carbocycles. The minimum Gasteiger partial charge on any atom is -0.548 e. The van der Waals surface area contributed by atoms with Gasteiger partial charge in [0.25, 0.3) is 0 Å². The zero-order chi connectivity index (χ0) is 41.0. The molecule has 2 amide bonds. The number of ether oxygens (including phenoxy) is 1. The largest absolute Gasteiger partial charge is 1.00 e. The Bertz CT molecular complexity index is 958. The SMILES string of the molecule is CC(O)CCC/C=C\CCCCCCCCCCCCC(=O)NCC(=O)[O-].COC(=O)CNC(=O)CCCCCCCCCCCC/C=C\CCCC(C)O.[Na+]. The van der Waals surface area contributed by atoms with Gasteiger partial charge in [-0.05, 0) is 90.9 Å². The van der Waals surface area contributed by atoms with Crippen LogP contribution in [-0.4, -0.2) is 66.4 Å². The number of amides is 2. The fourth-order valence-electron chi connectivity index (χ4n) is 6.05. The number of esters is 1. The van der Waals surface area contributed by atoms with Crippen LogP contribution in [-0.2, 0) is 23.9 Å². The topological polar surface area (TPSA) is 165 Å². The van der Waals surface area contributed by atoms with Crippen molar-refractivity contribution in [2.24, 2.45) is 0 Å². The number of carboxylic acids is 1. The van der Waals surface area contributed by atoms with E-state index in [1.165, 1.54) is 116 Å². The molecule has 2 atom stereocenters. The maximum absolute atomic E-state index is 11.5. The molecule has 0 heterocycles. The molecule has 0 spiro atoms. The molecule has 56 heavy (non-hydrogen) atoms. The standard InChI is InChI=1S/C23H43NO4.C22H41NO4.Na/c1-21(25)18-16-14-12-10-8-6-4-3-5-7-9-11-13-15-17-19-22(26)24-20-23(27)28-2;1-20(24)17-15-13-11-9-7-5-3-2-4-6-8-10-12-14-16-18-21(25)23-19-22(26)27;/h10,12,21,25H,3-9,11,13-20H2,1-2H3,(H,24,26);9,11,20,24H,2-8,10,12-19H2,1H3,(H,23,25)(H,26,27);/q;;+1/p-1/b12-10-;11-9-;. The predicted octanol–water partition coefficient (Wildman–Crippen LogP) is 5.71. The van der Waals surface area contributed by atoms with E-state index in [1.54, 1.807) is 0 Å². The van der Waals surface area contributed by atoms with Gasteiger partial charge in [-0.15, -0.1) is 0 Å². The van der Waals surface area contributed by atoms with Gasteiger partial charge in [-0.2, -0.15) is 0 Å². The smallest absolute Gasteiger partial charge is 0.548 e. The number of aliphatic hydroxyl groups is 2. The van der Waals surface area contributed by atoms with Crippen LogP contribution in [0.3, 0.4) is 0 Å². The van der Waals surface area contributed by atoms with Crippen LogP contribution in [0.5, 0.6) is 0 Å². The van der Waals surface area contributed by atoms with Gasteiger partial charge in [0, 0.05) is 12.8 Å². The van der Waals surface area contributed by atoms with E-state index in [9.17, 15) is 29.4 Å². The Morgan fingerprint density at radius 1 is 0.500 bits per heavy atom. The molecule has 322 valence electrons. The van der Waals surface area contributed by atoms with Crippen LogP contribution in [0.25, 0.3) is 0 Å². The third-order valence-corrected chi connectivity index (χ3v) is 9.46. The van der Waals surface area contributed by atoms with E-state index in [0.29, 0.717) is 12.8 Å². The fraction of sp³-hybridized carbons (Fsp3) is 0.822. The number of hydrogen-bond donors (Lipinski definition) is 4. The van der Waals surface area contributed by atoms with Crippen molar-refractivity contribution < 1.29 is 68.8 Å². The zero-order valence-electron chi connectivity index (χ0n) is 36.4. The number of hydrogen-bond acceptors (Lipinski definition) is 8. The quantitative estimate of drug-likeness (QED) is 0.0267. The Labute approximate surface area is 364 Å². The van der Waals surface area contributed by atoms with E-state index in [2.05, 4.69) is 39.7 Å². The van der Waals surface area contributed by atoms with E-state index in [4.69, 9.17) is 5.11 Å². The summed E-state index contributed by atoms with van der Waals surface area (Å²) in [6, 6.07) is 0. The Morgan fingerprint density at radius 3 is 1.09 bits per heavy atom. The summed E-state index contributed by atoms with van der Waals surface area (Å²) < 4.78 is 4.48. The van der Waals surface area contributed by atoms with Crippen molar-refractivity contribution in [2.75, 3.05) is 20.2 Å². The van der Waals surface area contributed by atoms with E-state index in [-0.39, 0.29) is 66.7 Å². The summed E-state index contributed by atoms with van der Waals surface area (Å²) in [5.41, 5.74) is 0. The number of methoxy groups -OCH3 is 1. The second-order valence-electron chi connectivity index (χ2n) is 15.2. The van der Waals surface area contributed by atoms with E-state index < -0.39 is 11.9 Å². The fourth-order valence-corrected chi connectivity index (χ4v) is 6.05. The summed E-state index contributed by atoms with van der Waals surface area (Å²) in [6.07, 6.45) is 42.3. The Balaban J connectivity index is -0.000000986. The minimum atomic E-state index is -1.25. The van der Waals surface area contributed by atoms with Gasteiger partial charge >= 0.3 is 35.5 Å². The summed E-state index contributed by atoms with van der Waals surface area (Å²) in [5, 5.41) is 33.4. The summed E-state index contributed by atoms with van der Waals surface area (Å²) in [7, 11) is 1.32. The summed E-state index contributed by atoms with van der Waals surface area (Å²) in [5.74, 6) is -1.92. The molecule has 2 unspecified atom stereocenters. The van der Waals surface area contributed by atoms with Crippen molar-refractivity contribution in [3.63, 3.8) is 0 Å². The second-order valence-corrected chi connectivity index (χ2v) is 15.2. The number of carbonyl (C=O) groups is 4. The number of rotatable bonds is 38. The van der Waals surface area contributed by atoms with Crippen molar-refractivity contribution in [3.8, 4) is 0 Å². The van der Waals surface area contributed by atoms with E-state index >= 15 is 0 Å². The molecule has 0 radical (unpaired) electrons. The molecule has 0 saturated heterocycles. The first-order valence-corrected chi connectivity index (χ1v) is 22.0. The number of allylic oxidation sites excluding steroid dienone is 4. The third-order valence-electron chi connectivity index (χ3n) is 9.46. The zero-order valence-corrected chi connectivity index (χ0v) is 38.4. The van der Waals surface area contributed by atoms with Crippen molar-refractivity contribution >= 4 is 23.8 Å². The van der Waals surface area contributed by atoms with Crippen LogP contribution in [0.4, 0.5) is 0 Å². The normalized spacial score (nSPS) is 12.1. The Hall–Kier alpha value is -1.72. The van der Waals surface area contributed by atoms with Gasteiger partial charge in [-0.25, -0.2) is 0 Å². The molecular formula is C45H83N2NaO8. The molecule has 0 aliphatic rings. The van der Waals surface area contributed by atoms with Crippen LogP contribution < -0.4 is 45.3 Å². The molecular weight excluding hydrogens is 719 g/mol. The Kier molecular flexibility index (Phi) is 49.9. The number of nitrogens with one attached hydrogen (secondary N) is 2. The number of aliphatic hydroxyl groups excluding tert-OH is 2. The van der Waals surface area contributed by atoms with Crippen molar-refractivity contribution in [2.45, 2.75) is 219 Å². The van der Waals surface area contributed by atoms with Gasteiger partial charge in [-0.3, -0.25) is 14.4 Å². The molecule has 0 bridgehead atoms. The van der Waals surface area contributed by atoms with Crippen molar-refractivity contribution in [3.05, 3.63) is 24.3 Å². The molecule has 10 nitrogen and oxygen atoms in total. The van der Waals surface area contributed by atoms with Crippen molar-refractivity contribution in [1.29, 1.82) is 0 Å². The average molecular weight is 803 g/mol. The summed E-state index contributed by atoms with van der Waals surface area (Å²) >= 11 is 0. The van der Waals surface area contributed by atoms with Gasteiger partial charge in [0.15, 0.2) is 0 Å². The monoisotopic (exact) mass is 803 g/mol. The molecule has 0 aliphatic heterocycles. The molecule has 0 rings (SSSR count). The predicted molar refractivity (Wildman–Crippen MR) is 223 cm³/mol. The van der Waals surface area contributed by atoms with Gasteiger partial charge in [0.2, 0.25) is 11.8 Å². The maximum atomic E-state index is 11.5. The molecule has 11 heteroatoms. The number of carbonyl (C=O) groups excluding carboxylic acids is 4. The maximum Gasteiger partial charge on any atom is 1.00 e. The van der Waals surface area contributed by atoms with Gasteiger partial charge in [0.1, 0.15) is 6.54 Å². The third kappa shape index (κ3) is 54.4. The summed E-state index contributed by atoms with van der Waals surface area (Å²) in [4.78, 5) is 43.9. The van der Waals surface area contributed by atoms with Crippen molar-refractivity contribution in [1.82, 2.24) is 10.6 Å². The molecule has 0 aliphatic carbocycles. The molecule has 0 fully saturated rings. The molecule has 0 aromatic carbocycles. The minimum absolute atomic E-state index is 0. The van der Waals surface area contributed by atoms with E-state index in [1.807, 2.05) is 13.8 Å². The number of aliphatic carboxylic acids is 1. The number of carboxylic acid groups (broad SMARTS) is 1. The van der Waals surface area contributed by atoms with Gasteiger partial charge < -0.3 is 35.5 Å². The van der Waals surface area contributed by atoms with E-state index in [0.717, 1.165) is 70.6 Å². The van der Waals surface area contributed by atoms with Crippen LogP contribution in [0, 0.1) is 0 Å². The first kappa shape index (κ1) is 58.6. The number of unbranched alkanes of at least 4 members (excludes halogenated alkanes) is 22. The molecule has 0 aromatic rings. The van der Waals surface area contributed by atoms with Gasteiger partial charge in [0.05, 0.1) is 31.8 Å². The average Bonchev–Trinajstić information content (AvgIpc) is 3.15. The second kappa shape index (κ2) is 47.7. The Morgan fingerprint density at radius 2 is 0.786 bits per heavy atom. The first-order chi connectivity index (χ1) is 26.6. The van der Waals surface area contributed by atoms with Crippen LogP contribution in [0.15, 0.2) is 24.3 Å². The molecule has 0 aromatic heterocycles. The summed E-state index contributed by atoms with van der Waals surface area (Å²) in [6.45, 7) is 3.27. The van der Waals surface area contributed by atoms with Crippen LogP contribution in [0.1, 0.15) is 206 Å². The van der Waals surface area contributed by atoms with Gasteiger partial charge in [-0.1, -0.05) is 127 Å². The molecule has 4 N–H and O–H groups in total. The van der Waals surface area contributed by atoms with Crippen LogP contribution in [0.2, 0.25) is 0 Å². The van der Waals surface area contributed by atoms with Crippen LogP contribution >= 0.6 is 0 Å². The first-order valence-electron chi connectivity index (χ1n) is 22.0.